The Labute approximate surface area is 99.6 Å². The molecule has 0 amide bonds. The van der Waals surface area contributed by atoms with Gasteiger partial charge in [0.1, 0.15) is 0 Å². The molecule has 0 unspecified atom stereocenters. The molecule has 1 rings (SSSR count). The van der Waals surface area contributed by atoms with E-state index in [0.717, 1.165) is 26.1 Å². The molecule has 0 aromatic carbocycles. The number of hydrazine groups is 1. The van der Waals surface area contributed by atoms with Crippen LogP contribution in [-0.2, 0) is 0 Å². The molecule has 0 radical (unpaired) electrons. The average Bonchev–Trinajstić information content (AvgIpc) is 2.21. The molecule has 0 spiro atoms. The molecule has 1 saturated heterocycles. The van der Waals surface area contributed by atoms with Crippen molar-refractivity contribution >= 4 is 0 Å². The van der Waals surface area contributed by atoms with E-state index in [1.54, 1.807) is 0 Å². The molecular formula is C13H25N3. The Morgan fingerprint density at radius 3 is 2.69 bits per heavy atom. The molecule has 0 atom stereocenters. The smallest absolute Gasteiger partial charge is 0.0466 e. The lowest BCUT2D eigenvalue weighted by atomic mass is 10.0. The molecule has 1 aliphatic heterocycles. The Bertz CT molecular complexity index is 279. The van der Waals surface area contributed by atoms with Crippen molar-refractivity contribution in [3.05, 3.63) is 23.4 Å². The van der Waals surface area contributed by atoms with E-state index in [1.807, 2.05) is 5.01 Å². The summed E-state index contributed by atoms with van der Waals surface area (Å²) in [6, 6.07) is 0. The van der Waals surface area contributed by atoms with Gasteiger partial charge in [0.05, 0.1) is 0 Å². The largest absolute Gasteiger partial charge is 0.313 e. The first kappa shape index (κ1) is 13.3. The molecule has 1 aliphatic rings. The van der Waals surface area contributed by atoms with Gasteiger partial charge in [-0.3, -0.25) is 4.90 Å². The van der Waals surface area contributed by atoms with E-state index in [-0.39, 0.29) is 0 Å². The van der Waals surface area contributed by atoms with Crippen LogP contribution < -0.4 is 5.84 Å². The van der Waals surface area contributed by atoms with Crippen LogP contribution in [0.4, 0.5) is 0 Å². The highest BCUT2D eigenvalue weighted by molar-refractivity contribution is 5.24. The fraction of sp³-hybridized carbons (Fsp3) is 0.692. The lowest BCUT2D eigenvalue weighted by Crippen LogP contribution is -2.46. The Kier molecular flexibility index (Phi) is 5.03. The quantitative estimate of drug-likeness (QED) is 0.743. The summed E-state index contributed by atoms with van der Waals surface area (Å²) in [6.45, 7) is 9.50. The Hall–Kier alpha value is -0.800. The van der Waals surface area contributed by atoms with Crippen LogP contribution in [0.2, 0.25) is 0 Å². The van der Waals surface area contributed by atoms with Crippen molar-refractivity contribution in [1.29, 1.82) is 0 Å². The first-order valence-electron chi connectivity index (χ1n) is 6.09. The number of piperazine rings is 1. The summed E-state index contributed by atoms with van der Waals surface area (Å²) in [5, 5.41) is 1.88. The van der Waals surface area contributed by atoms with Gasteiger partial charge in [-0.2, -0.15) is 0 Å². The molecule has 0 aliphatic carbocycles. The monoisotopic (exact) mass is 223 g/mol. The topological polar surface area (TPSA) is 32.5 Å². The Morgan fingerprint density at radius 1 is 1.44 bits per heavy atom. The molecule has 0 aromatic heterocycles. The molecule has 3 nitrogen and oxygen atoms in total. The molecular weight excluding hydrogens is 198 g/mol. The van der Waals surface area contributed by atoms with Crippen LogP contribution in [0.15, 0.2) is 23.4 Å². The zero-order chi connectivity index (χ0) is 12.1. The van der Waals surface area contributed by atoms with Crippen LogP contribution in [-0.4, -0.2) is 36.6 Å². The van der Waals surface area contributed by atoms with Crippen molar-refractivity contribution in [3.8, 4) is 0 Å². The van der Waals surface area contributed by atoms with E-state index in [0.29, 0.717) is 5.92 Å². The lowest BCUT2D eigenvalue weighted by molar-refractivity contribution is 0.206. The number of nitrogens with two attached hydrogens (primary N) is 1. The maximum absolute atomic E-state index is 5.99. The third-order valence-electron chi connectivity index (χ3n) is 2.89. The molecule has 2 N–H and O–H groups in total. The second-order valence-electron chi connectivity index (χ2n) is 5.03. The fourth-order valence-electron chi connectivity index (χ4n) is 1.94. The van der Waals surface area contributed by atoms with Gasteiger partial charge in [-0.05, 0) is 32.4 Å². The SMILES string of the molecule is C/C=C(\C=C1\CN(C)CCN1N)CC(C)C. The van der Waals surface area contributed by atoms with Crippen LogP contribution in [0, 0.1) is 5.92 Å². The highest BCUT2D eigenvalue weighted by Crippen LogP contribution is 2.16. The number of hydrogen-bond donors (Lipinski definition) is 1. The van der Waals surface area contributed by atoms with Crippen molar-refractivity contribution in [2.45, 2.75) is 27.2 Å². The van der Waals surface area contributed by atoms with Crippen molar-refractivity contribution in [2.24, 2.45) is 11.8 Å². The summed E-state index contributed by atoms with van der Waals surface area (Å²) in [6.07, 6.45) is 5.56. The molecule has 3 heteroatoms. The number of allylic oxidation sites excluding steroid dienone is 3. The highest BCUT2D eigenvalue weighted by Gasteiger charge is 2.15. The van der Waals surface area contributed by atoms with Crippen molar-refractivity contribution in [3.63, 3.8) is 0 Å². The number of hydrogen-bond acceptors (Lipinski definition) is 3. The maximum Gasteiger partial charge on any atom is 0.0466 e. The highest BCUT2D eigenvalue weighted by atomic mass is 15.4. The van der Waals surface area contributed by atoms with Crippen LogP contribution in [0.25, 0.3) is 0 Å². The van der Waals surface area contributed by atoms with Crippen molar-refractivity contribution in [2.75, 3.05) is 26.7 Å². The lowest BCUT2D eigenvalue weighted by Gasteiger charge is -2.33. The molecule has 0 saturated carbocycles. The Morgan fingerprint density at radius 2 is 2.12 bits per heavy atom. The molecule has 1 heterocycles. The first-order chi connectivity index (χ1) is 7.52. The average molecular weight is 223 g/mol. The van der Waals surface area contributed by atoms with E-state index in [1.165, 1.54) is 11.3 Å². The van der Waals surface area contributed by atoms with Gasteiger partial charge < -0.3 is 5.01 Å². The molecule has 0 aromatic rings. The van der Waals surface area contributed by atoms with E-state index in [2.05, 4.69) is 44.9 Å². The number of rotatable bonds is 3. The third-order valence-corrected chi connectivity index (χ3v) is 2.89. The van der Waals surface area contributed by atoms with Gasteiger partial charge in [0, 0.05) is 25.3 Å². The van der Waals surface area contributed by atoms with E-state index in [4.69, 9.17) is 5.84 Å². The van der Waals surface area contributed by atoms with Crippen LogP contribution in [0.3, 0.4) is 0 Å². The summed E-state index contributed by atoms with van der Waals surface area (Å²) < 4.78 is 0. The van der Waals surface area contributed by atoms with Crippen molar-refractivity contribution in [1.82, 2.24) is 9.91 Å². The van der Waals surface area contributed by atoms with Gasteiger partial charge in [0.25, 0.3) is 0 Å². The molecule has 92 valence electrons. The van der Waals surface area contributed by atoms with Gasteiger partial charge in [-0.25, -0.2) is 5.84 Å². The minimum Gasteiger partial charge on any atom is -0.313 e. The molecule has 16 heavy (non-hydrogen) atoms. The maximum atomic E-state index is 5.99. The predicted molar refractivity (Wildman–Crippen MR) is 69.7 cm³/mol. The van der Waals surface area contributed by atoms with Crippen LogP contribution in [0.1, 0.15) is 27.2 Å². The molecule has 1 fully saturated rings. The Balaban J connectivity index is 2.71. The van der Waals surface area contributed by atoms with E-state index in [9.17, 15) is 0 Å². The summed E-state index contributed by atoms with van der Waals surface area (Å²) >= 11 is 0. The summed E-state index contributed by atoms with van der Waals surface area (Å²) in [7, 11) is 2.14. The van der Waals surface area contributed by atoms with Gasteiger partial charge >= 0.3 is 0 Å². The van der Waals surface area contributed by atoms with Gasteiger partial charge in [-0.15, -0.1) is 0 Å². The van der Waals surface area contributed by atoms with Gasteiger partial charge in [-0.1, -0.05) is 25.5 Å². The summed E-state index contributed by atoms with van der Waals surface area (Å²) in [5.74, 6) is 6.68. The first-order valence-corrected chi connectivity index (χ1v) is 6.09. The van der Waals surface area contributed by atoms with Crippen molar-refractivity contribution < 1.29 is 0 Å². The standard InChI is InChI=1S/C13H25N3/c1-5-12(8-11(2)3)9-13-10-15(4)6-7-16(13)14/h5,9,11H,6-8,10,14H2,1-4H3/b12-5-,13-9-. The van der Waals surface area contributed by atoms with E-state index < -0.39 is 0 Å². The van der Waals surface area contributed by atoms with E-state index >= 15 is 0 Å². The van der Waals surface area contributed by atoms with Crippen LogP contribution in [0.5, 0.6) is 0 Å². The predicted octanol–water partition coefficient (Wildman–Crippen LogP) is 1.98. The minimum atomic E-state index is 0.690. The molecule has 0 bridgehead atoms. The fourth-order valence-corrected chi connectivity index (χ4v) is 1.94. The third kappa shape index (κ3) is 3.99. The van der Waals surface area contributed by atoms with Crippen LogP contribution >= 0.6 is 0 Å². The van der Waals surface area contributed by atoms with Gasteiger partial charge in [0.15, 0.2) is 0 Å². The zero-order valence-electron chi connectivity index (χ0n) is 11.0. The van der Waals surface area contributed by atoms with Gasteiger partial charge in [0.2, 0.25) is 0 Å². The second kappa shape index (κ2) is 6.06. The normalized spacial score (nSPS) is 22.2. The zero-order valence-corrected chi connectivity index (χ0v) is 11.0. The second-order valence-corrected chi connectivity index (χ2v) is 5.03. The number of likely N-dealkylation sites (N-methyl/N-ethyl adjacent to an activating group) is 1. The summed E-state index contributed by atoms with van der Waals surface area (Å²) in [5.41, 5.74) is 2.61. The summed E-state index contributed by atoms with van der Waals surface area (Å²) in [4.78, 5) is 2.30. The minimum absolute atomic E-state index is 0.690. The number of nitrogens with zero attached hydrogens (tertiary/aromatic N) is 2.